The van der Waals surface area contributed by atoms with Crippen LogP contribution in [0.1, 0.15) is 44.7 Å². The molecule has 0 spiro atoms. The highest BCUT2D eigenvalue weighted by Gasteiger charge is 2.47. The molecule has 15 nitrogen and oxygen atoms in total. The monoisotopic (exact) mass is 560 g/mol. The Morgan fingerprint density at radius 2 is 2.02 bits per heavy atom. The van der Waals surface area contributed by atoms with E-state index in [-0.39, 0.29) is 30.3 Å². The van der Waals surface area contributed by atoms with Crippen molar-refractivity contribution in [1.82, 2.24) is 35.1 Å². The molecule has 2 aromatic rings. The third kappa shape index (κ3) is 5.67. The van der Waals surface area contributed by atoms with Crippen LogP contribution in [0.2, 0.25) is 0 Å². The molecule has 15 heteroatoms. The minimum Gasteiger partial charge on any atom is -0.448 e. The Labute approximate surface area is 230 Å². The third-order valence-corrected chi connectivity index (χ3v) is 7.80. The standard InChI is InChI=1S/C25H36N8O7/c1-2-27-23(37)19-17(34)18(35)24(40-19)33-12-29-16-20(26)30-15(31-21(16)33)5-3-4-13-6-8-32(9-7-13)25(38)39-11-14-10-28-22(14)36/h12-14,17-19,24,34-35H,2-11H2,1H3,(H,27,37)(H,28,36)(H2,26,30,31)/t14?,17?,18-,19-,24+/m0/s1. The van der Waals surface area contributed by atoms with Crippen LogP contribution in [0.3, 0.4) is 0 Å². The van der Waals surface area contributed by atoms with E-state index in [9.17, 15) is 24.6 Å². The number of likely N-dealkylation sites (tertiary alicyclic amines) is 1. The number of nitrogens with zero attached hydrogens (tertiary/aromatic N) is 5. The number of imidazole rings is 1. The van der Waals surface area contributed by atoms with Crippen LogP contribution >= 0.6 is 0 Å². The molecule has 218 valence electrons. The van der Waals surface area contributed by atoms with Gasteiger partial charge < -0.3 is 41.0 Å². The molecule has 0 radical (unpaired) electrons. The van der Waals surface area contributed by atoms with E-state index in [1.807, 2.05) is 0 Å². The molecule has 3 aliphatic rings. The predicted molar refractivity (Wildman–Crippen MR) is 139 cm³/mol. The number of hydrogen-bond donors (Lipinski definition) is 5. The highest BCUT2D eigenvalue weighted by molar-refractivity contribution is 5.85. The molecule has 3 amide bonds. The highest BCUT2D eigenvalue weighted by Crippen LogP contribution is 2.32. The lowest BCUT2D eigenvalue weighted by Crippen LogP contribution is -2.51. The van der Waals surface area contributed by atoms with Gasteiger partial charge in [0.2, 0.25) is 5.91 Å². The predicted octanol–water partition coefficient (Wildman–Crippen LogP) is -0.919. The van der Waals surface area contributed by atoms with Crippen molar-refractivity contribution in [2.45, 2.75) is 63.6 Å². The number of aromatic nitrogens is 4. The maximum absolute atomic E-state index is 12.3. The summed E-state index contributed by atoms with van der Waals surface area (Å²) in [7, 11) is 0. The SMILES string of the molecule is CCNC(=O)[C@H]1O[C@@H](n2cnc3c(N)nc(CCCC4CCN(C(=O)OCC5CNC5=O)CC4)nc32)[C@@H](O)C1O. The Morgan fingerprint density at radius 3 is 2.70 bits per heavy atom. The Kier molecular flexibility index (Phi) is 8.32. The number of nitrogens with one attached hydrogen (secondary N) is 2. The summed E-state index contributed by atoms with van der Waals surface area (Å²) in [6, 6.07) is 0. The van der Waals surface area contributed by atoms with Crippen molar-refractivity contribution < 1.29 is 34.1 Å². The lowest BCUT2D eigenvalue weighted by atomic mass is 9.91. The van der Waals surface area contributed by atoms with Crippen LogP contribution in [-0.2, 0) is 25.5 Å². The first kappa shape index (κ1) is 28.0. The molecule has 0 aromatic carbocycles. The van der Waals surface area contributed by atoms with Gasteiger partial charge in [-0.1, -0.05) is 0 Å². The normalized spacial score (nSPS) is 26.9. The van der Waals surface area contributed by atoms with Crippen molar-refractivity contribution in [3.8, 4) is 0 Å². The van der Waals surface area contributed by atoms with E-state index in [0.29, 0.717) is 55.5 Å². The van der Waals surface area contributed by atoms with Gasteiger partial charge in [-0.25, -0.2) is 19.7 Å². The van der Waals surface area contributed by atoms with E-state index in [1.54, 1.807) is 11.8 Å². The van der Waals surface area contributed by atoms with Crippen molar-refractivity contribution in [2.24, 2.45) is 11.8 Å². The fraction of sp³-hybridized carbons (Fsp3) is 0.680. The quantitative estimate of drug-likeness (QED) is 0.237. The molecule has 6 N–H and O–H groups in total. The van der Waals surface area contributed by atoms with E-state index < -0.39 is 30.4 Å². The third-order valence-electron chi connectivity index (χ3n) is 7.80. The summed E-state index contributed by atoms with van der Waals surface area (Å²) in [5.41, 5.74) is 6.84. The zero-order valence-corrected chi connectivity index (χ0v) is 22.4. The number of fused-ring (bicyclic) bond motifs is 1. The number of ether oxygens (including phenoxy) is 2. The zero-order chi connectivity index (χ0) is 28.4. The van der Waals surface area contributed by atoms with Gasteiger partial charge in [-0.2, -0.15) is 0 Å². The first-order valence-corrected chi connectivity index (χ1v) is 13.7. The second kappa shape index (κ2) is 11.9. The first-order chi connectivity index (χ1) is 19.3. The van der Waals surface area contributed by atoms with Gasteiger partial charge in [-0.3, -0.25) is 14.2 Å². The van der Waals surface area contributed by atoms with E-state index in [4.69, 9.17) is 15.2 Å². The summed E-state index contributed by atoms with van der Waals surface area (Å²) in [5.74, 6) is 0.333. The summed E-state index contributed by atoms with van der Waals surface area (Å²) in [4.78, 5) is 50.8. The van der Waals surface area contributed by atoms with Crippen LogP contribution in [0.4, 0.5) is 10.6 Å². The number of rotatable bonds is 9. The molecule has 3 saturated heterocycles. The minimum absolute atomic E-state index is 0.0748. The second-order valence-corrected chi connectivity index (χ2v) is 10.5. The van der Waals surface area contributed by atoms with Crippen molar-refractivity contribution in [3.05, 3.63) is 12.2 Å². The largest absolute Gasteiger partial charge is 0.448 e. The van der Waals surface area contributed by atoms with Gasteiger partial charge in [0.05, 0.1) is 12.2 Å². The number of aliphatic hydroxyl groups excluding tert-OH is 2. The Morgan fingerprint density at radius 1 is 1.25 bits per heavy atom. The van der Waals surface area contributed by atoms with Gasteiger partial charge in [0.15, 0.2) is 23.8 Å². The van der Waals surface area contributed by atoms with E-state index in [0.717, 1.165) is 25.7 Å². The van der Waals surface area contributed by atoms with Gasteiger partial charge in [-0.05, 0) is 38.5 Å². The van der Waals surface area contributed by atoms with Crippen LogP contribution < -0.4 is 16.4 Å². The number of hydrogen-bond acceptors (Lipinski definition) is 11. The second-order valence-electron chi connectivity index (χ2n) is 10.5. The Bertz CT molecular complexity index is 1250. The summed E-state index contributed by atoms with van der Waals surface area (Å²) < 4.78 is 12.5. The van der Waals surface area contributed by atoms with Gasteiger partial charge >= 0.3 is 6.09 Å². The van der Waals surface area contributed by atoms with Crippen molar-refractivity contribution in [1.29, 1.82) is 0 Å². The van der Waals surface area contributed by atoms with E-state index in [2.05, 4.69) is 25.6 Å². The number of nitrogen functional groups attached to an aromatic ring is 1. The van der Waals surface area contributed by atoms with Crippen LogP contribution in [-0.4, -0.2) is 104 Å². The molecule has 0 aliphatic carbocycles. The molecule has 0 bridgehead atoms. The molecule has 3 fully saturated rings. The molecule has 40 heavy (non-hydrogen) atoms. The number of amides is 3. The molecule has 5 rings (SSSR count). The van der Waals surface area contributed by atoms with Crippen LogP contribution in [0.25, 0.3) is 11.2 Å². The summed E-state index contributed by atoms with van der Waals surface area (Å²) in [6.07, 6.45) is -0.0217. The maximum Gasteiger partial charge on any atom is 0.409 e. The molecular formula is C25H36N8O7. The van der Waals surface area contributed by atoms with E-state index in [1.165, 1.54) is 10.9 Å². The molecule has 3 aliphatic heterocycles. The summed E-state index contributed by atoms with van der Waals surface area (Å²) in [5, 5.41) is 26.2. The average Bonchev–Trinajstić information content (AvgIpc) is 3.49. The maximum atomic E-state index is 12.3. The van der Waals surface area contributed by atoms with Crippen molar-refractivity contribution in [3.63, 3.8) is 0 Å². The molecule has 2 unspecified atom stereocenters. The number of β-lactam (4-membered cyclic amide) rings is 1. The summed E-state index contributed by atoms with van der Waals surface area (Å²) >= 11 is 0. The van der Waals surface area contributed by atoms with Gasteiger partial charge in [-0.15, -0.1) is 0 Å². The highest BCUT2D eigenvalue weighted by atomic mass is 16.6. The molecular weight excluding hydrogens is 524 g/mol. The number of nitrogens with two attached hydrogens (primary N) is 1. The minimum atomic E-state index is -1.41. The molecule has 5 heterocycles. The van der Waals surface area contributed by atoms with Crippen molar-refractivity contribution in [2.75, 3.05) is 38.5 Å². The Hall–Kier alpha value is -3.56. The number of aliphatic hydroxyl groups is 2. The lowest BCUT2D eigenvalue weighted by Gasteiger charge is -2.32. The number of likely N-dealkylation sites (N-methyl/N-ethyl adjacent to an activating group) is 1. The number of anilines is 1. The summed E-state index contributed by atoms with van der Waals surface area (Å²) in [6.45, 7) is 4.01. The fourth-order valence-electron chi connectivity index (χ4n) is 5.34. The molecule has 0 saturated carbocycles. The smallest absolute Gasteiger partial charge is 0.409 e. The first-order valence-electron chi connectivity index (χ1n) is 13.7. The fourth-order valence-corrected chi connectivity index (χ4v) is 5.34. The lowest BCUT2D eigenvalue weighted by molar-refractivity contribution is -0.137. The average molecular weight is 561 g/mol. The van der Waals surface area contributed by atoms with Gasteiger partial charge in [0.1, 0.15) is 30.2 Å². The van der Waals surface area contributed by atoms with E-state index >= 15 is 0 Å². The number of carbonyl (C=O) groups is 3. The molecule has 5 atom stereocenters. The molecule has 2 aromatic heterocycles. The van der Waals surface area contributed by atoms with Crippen molar-refractivity contribution >= 4 is 34.9 Å². The topological polar surface area (TPSA) is 207 Å². The number of piperidine rings is 1. The van der Waals surface area contributed by atoms with Gasteiger partial charge in [0.25, 0.3) is 5.91 Å². The van der Waals surface area contributed by atoms with Crippen LogP contribution in [0.15, 0.2) is 6.33 Å². The van der Waals surface area contributed by atoms with Crippen LogP contribution in [0, 0.1) is 11.8 Å². The number of aryl methyl sites for hydroxylation is 1. The Balaban J connectivity index is 1.14. The van der Waals surface area contributed by atoms with Gasteiger partial charge in [0, 0.05) is 32.6 Å². The zero-order valence-electron chi connectivity index (χ0n) is 22.4. The number of carbonyl (C=O) groups excluding carboxylic acids is 3. The van der Waals surface area contributed by atoms with Crippen LogP contribution in [0.5, 0.6) is 0 Å².